The summed E-state index contributed by atoms with van der Waals surface area (Å²) >= 11 is 1.14. The van der Waals surface area contributed by atoms with Gasteiger partial charge in [0.15, 0.2) is 5.69 Å². The quantitative estimate of drug-likeness (QED) is 0.346. The van der Waals surface area contributed by atoms with Gasteiger partial charge in [0.1, 0.15) is 21.7 Å². The molecule has 1 aliphatic carbocycles. The summed E-state index contributed by atoms with van der Waals surface area (Å²) in [6.45, 7) is 2.69. The Labute approximate surface area is 215 Å². The number of carbonyl (C=O) groups excluding carboxylic acids is 2. The van der Waals surface area contributed by atoms with Crippen LogP contribution in [0.15, 0.2) is 54.6 Å². The number of rotatable bonds is 11. The molecule has 1 amide bonds. The van der Waals surface area contributed by atoms with Crippen LogP contribution in [-0.2, 0) is 27.9 Å². The second-order valence-electron chi connectivity index (χ2n) is 8.74. The molecule has 0 spiro atoms. The highest BCUT2D eigenvalue weighted by atomic mass is 32.1. The number of nitriles is 1. The molecule has 2 aromatic carbocycles. The van der Waals surface area contributed by atoms with Crippen LogP contribution < -0.4 is 4.74 Å². The number of carbonyl (C=O) groups is 2. The average molecular weight is 504 g/mol. The number of hydrogen-bond donors (Lipinski definition) is 0. The largest absolute Gasteiger partial charge is 0.497 e. The fourth-order valence-electron chi connectivity index (χ4n) is 4.34. The van der Waals surface area contributed by atoms with Gasteiger partial charge < -0.3 is 14.4 Å². The number of esters is 1. The molecule has 7 nitrogen and oxygen atoms in total. The molecule has 1 fully saturated rings. The molecule has 0 bridgehead atoms. The van der Waals surface area contributed by atoms with Crippen molar-refractivity contribution in [3.8, 4) is 11.8 Å². The van der Waals surface area contributed by atoms with Gasteiger partial charge in [-0.25, -0.2) is 9.78 Å². The fraction of sp³-hybridized carbons (Fsp3) is 0.357. The van der Waals surface area contributed by atoms with E-state index >= 15 is 0 Å². The zero-order chi connectivity index (χ0) is 25.5. The molecule has 0 saturated heterocycles. The highest BCUT2D eigenvalue weighted by Crippen LogP contribution is 2.50. The van der Waals surface area contributed by atoms with Crippen molar-refractivity contribution in [2.75, 3.05) is 20.3 Å². The van der Waals surface area contributed by atoms with Gasteiger partial charge in [-0.05, 0) is 55.9 Å². The van der Waals surface area contributed by atoms with Crippen LogP contribution in [0.5, 0.6) is 5.75 Å². The van der Waals surface area contributed by atoms with Gasteiger partial charge in [0, 0.05) is 6.54 Å². The van der Waals surface area contributed by atoms with E-state index in [1.54, 1.807) is 14.0 Å². The van der Waals surface area contributed by atoms with Crippen molar-refractivity contribution in [2.24, 2.45) is 0 Å². The van der Waals surface area contributed by atoms with Crippen LogP contribution in [0.4, 0.5) is 0 Å². The van der Waals surface area contributed by atoms with E-state index in [1.165, 1.54) is 5.56 Å². The Bertz CT molecular complexity index is 1240. The number of methoxy groups -OCH3 is 1. The summed E-state index contributed by atoms with van der Waals surface area (Å²) in [7, 11) is 1.62. The van der Waals surface area contributed by atoms with Gasteiger partial charge in [-0.2, -0.15) is 5.26 Å². The van der Waals surface area contributed by atoms with E-state index in [-0.39, 0.29) is 29.6 Å². The highest BCUT2D eigenvalue weighted by molar-refractivity contribution is 7.12. The maximum Gasteiger partial charge on any atom is 0.359 e. The molecule has 1 heterocycles. The molecular formula is C28H29N3O4S. The summed E-state index contributed by atoms with van der Waals surface area (Å²) < 4.78 is 10.3. The Hall–Kier alpha value is -3.70. The van der Waals surface area contributed by atoms with Crippen molar-refractivity contribution < 1.29 is 19.1 Å². The first kappa shape index (κ1) is 25.4. The lowest BCUT2D eigenvalue weighted by molar-refractivity contribution is -0.134. The van der Waals surface area contributed by atoms with Gasteiger partial charge in [-0.15, -0.1) is 11.3 Å². The van der Waals surface area contributed by atoms with Gasteiger partial charge >= 0.3 is 5.97 Å². The lowest BCUT2D eigenvalue weighted by Gasteiger charge is -2.27. The fourth-order valence-corrected chi connectivity index (χ4v) is 5.21. The molecule has 3 aromatic rings. The first-order valence-corrected chi connectivity index (χ1v) is 12.9. The van der Waals surface area contributed by atoms with E-state index in [0.717, 1.165) is 48.3 Å². The average Bonchev–Trinajstić information content (AvgIpc) is 3.62. The van der Waals surface area contributed by atoms with Crippen molar-refractivity contribution in [3.05, 3.63) is 81.3 Å². The summed E-state index contributed by atoms with van der Waals surface area (Å²) in [5.74, 6) is 0.183. The smallest absolute Gasteiger partial charge is 0.359 e. The molecule has 0 unspecified atom stereocenters. The van der Waals surface area contributed by atoms with E-state index in [9.17, 15) is 14.9 Å². The zero-order valence-electron chi connectivity index (χ0n) is 20.5. The summed E-state index contributed by atoms with van der Waals surface area (Å²) in [5.41, 5.74) is 1.66. The lowest BCUT2D eigenvalue weighted by Crippen LogP contribution is -2.39. The summed E-state index contributed by atoms with van der Waals surface area (Å²) in [6.07, 6.45) is 3.19. The zero-order valence-corrected chi connectivity index (χ0v) is 21.3. The van der Waals surface area contributed by atoms with Crippen LogP contribution in [0.25, 0.3) is 0 Å². The Kier molecular flexibility index (Phi) is 8.01. The van der Waals surface area contributed by atoms with Crippen LogP contribution in [0.1, 0.15) is 57.7 Å². The van der Waals surface area contributed by atoms with Crippen LogP contribution in [0.3, 0.4) is 0 Å². The van der Waals surface area contributed by atoms with Crippen molar-refractivity contribution >= 4 is 23.2 Å². The summed E-state index contributed by atoms with van der Waals surface area (Å²) in [5, 5.41) is 10.1. The number of nitrogens with zero attached hydrogens (tertiary/aromatic N) is 3. The first-order chi connectivity index (χ1) is 17.5. The summed E-state index contributed by atoms with van der Waals surface area (Å²) in [4.78, 5) is 32.6. The molecule has 186 valence electrons. The van der Waals surface area contributed by atoms with E-state index in [2.05, 4.69) is 17.1 Å². The molecular weight excluding hydrogens is 474 g/mol. The summed E-state index contributed by atoms with van der Waals surface area (Å²) in [6, 6.07) is 19.9. The van der Waals surface area contributed by atoms with Crippen LogP contribution in [0, 0.1) is 11.3 Å². The number of amides is 1. The molecule has 8 heteroatoms. The topological polar surface area (TPSA) is 92.5 Å². The first-order valence-electron chi connectivity index (χ1n) is 12.1. The van der Waals surface area contributed by atoms with Crippen molar-refractivity contribution in [1.82, 2.24) is 9.88 Å². The number of aryl methyl sites for hydroxylation is 1. The number of hydrogen-bond acceptors (Lipinski definition) is 7. The van der Waals surface area contributed by atoms with Crippen molar-refractivity contribution in [1.29, 1.82) is 5.26 Å². The van der Waals surface area contributed by atoms with E-state index in [1.807, 2.05) is 53.4 Å². The van der Waals surface area contributed by atoms with Crippen LogP contribution in [-0.4, -0.2) is 42.0 Å². The van der Waals surface area contributed by atoms with E-state index in [4.69, 9.17) is 9.47 Å². The molecule has 4 rings (SSSR count). The van der Waals surface area contributed by atoms with Gasteiger partial charge in [0.25, 0.3) is 0 Å². The predicted molar refractivity (Wildman–Crippen MR) is 137 cm³/mol. The number of aromatic nitrogens is 1. The normalized spacial score (nSPS) is 13.5. The number of ether oxygens (including phenoxy) is 2. The SMILES string of the molecule is CCOC(=O)c1nc(CN(CCCc2ccccc2)C(=O)C2(c3ccc(OC)cc3)CC2)sc1C#N. The second-order valence-corrected chi connectivity index (χ2v) is 9.83. The maximum atomic E-state index is 13.9. The van der Waals surface area contributed by atoms with Gasteiger partial charge in [-0.3, -0.25) is 4.79 Å². The third-order valence-corrected chi connectivity index (χ3v) is 7.34. The minimum Gasteiger partial charge on any atom is -0.497 e. The van der Waals surface area contributed by atoms with Crippen LogP contribution in [0.2, 0.25) is 0 Å². The Balaban J connectivity index is 1.57. The molecule has 1 aromatic heterocycles. The predicted octanol–water partition coefficient (Wildman–Crippen LogP) is 4.89. The van der Waals surface area contributed by atoms with Crippen LogP contribution >= 0.6 is 11.3 Å². The standard InChI is InChI=1S/C28H29N3O4S/c1-3-35-26(32)25-23(18-29)36-24(30-25)19-31(17-7-10-20-8-5-4-6-9-20)27(33)28(15-16-28)21-11-13-22(34-2)14-12-21/h4-6,8-9,11-14H,3,7,10,15-17,19H2,1-2H3. The minimum absolute atomic E-state index is 0.0207. The van der Waals surface area contributed by atoms with Crippen molar-refractivity contribution in [3.63, 3.8) is 0 Å². The molecule has 0 atom stereocenters. The molecule has 36 heavy (non-hydrogen) atoms. The minimum atomic E-state index is -0.615. The van der Waals surface area contributed by atoms with Gasteiger partial charge in [-0.1, -0.05) is 42.5 Å². The third-order valence-electron chi connectivity index (χ3n) is 6.39. The van der Waals surface area contributed by atoms with Gasteiger partial charge in [0.05, 0.1) is 25.7 Å². The molecule has 1 saturated carbocycles. The monoisotopic (exact) mass is 503 g/mol. The van der Waals surface area contributed by atoms with E-state index < -0.39 is 11.4 Å². The highest BCUT2D eigenvalue weighted by Gasteiger charge is 2.53. The molecule has 0 aliphatic heterocycles. The maximum absolute atomic E-state index is 13.9. The third kappa shape index (κ3) is 5.58. The number of benzene rings is 2. The Morgan fingerprint density at radius 1 is 1.14 bits per heavy atom. The molecule has 1 aliphatic rings. The van der Waals surface area contributed by atoms with E-state index in [0.29, 0.717) is 11.6 Å². The Morgan fingerprint density at radius 3 is 2.47 bits per heavy atom. The molecule has 0 radical (unpaired) electrons. The number of thiazole rings is 1. The van der Waals surface area contributed by atoms with Crippen molar-refractivity contribution in [2.45, 2.75) is 44.6 Å². The lowest BCUT2D eigenvalue weighted by atomic mass is 9.94. The van der Waals surface area contributed by atoms with Gasteiger partial charge in [0.2, 0.25) is 5.91 Å². The Morgan fingerprint density at radius 2 is 1.86 bits per heavy atom. The molecule has 0 N–H and O–H groups in total. The second kappa shape index (κ2) is 11.4.